The van der Waals surface area contributed by atoms with Crippen LogP contribution in [0.4, 0.5) is 10.7 Å². The van der Waals surface area contributed by atoms with E-state index in [-0.39, 0.29) is 18.0 Å². The Morgan fingerprint density at radius 3 is 2.54 bits per heavy atom. The second kappa shape index (κ2) is 5.99. The molecule has 0 radical (unpaired) electrons. The molecule has 24 heavy (non-hydrogen) atoms. The first-order valence-corrected chi connectivity index (χ1v) is 7.08. The Bertz CT molecular complexity index is 851. The molecule has 8 heteroatoms. The summed E-state index contributed by atoms with van der Waals surface area (Å²) in [5, 5.41) is 13.0. The molecule has 1 aromatic carbocycles. The van der Waals surface area contributed by atoms with Crippen molar-refractivity contribution in [2.45, 2.75) is 13.5 Å². The van der Waals surface area contributed by atoms with Gasteiger partial charge in [0.15, 0.2) is 0 Å². The zero-order valence-electron chi connectivity index (χ0n) is 12.7. The number of hydrogen-bond donors (Lipinski definition) is 1. The molecule has 3 rings (SSSR count). The molecular formula is C16H13N3O5. The number of amides is 3. The fraction of sp³-hybridized carbons (Fsp3) is 0.125. The summed E-state index contributed by atoms with van der Waals surface area (Å²) < 4.78 is 4.96. The molecule has 122 valence electrons. The Kier molecular flexibility index (Phi) is 3.87. The second-order valence-electron chi connectivity index (χ2n) is 5.30. The number of rotatable bonds is 4. The summed E-state index contributed by atoms with van der Waals surface area (Å²) in [7, 11) is 0. The van der Waals surface area contributed by atoms with E-state index in [1.807, 2.05) is 31.2 Å². The Balaban J connectivity index is 1.79. The SMILES string of the molecule is Cc1ccc(CN2C(=O)N/C(=C/c3ccc([N+](=O)[O-])o3)C2=O)cc1. The summed E-state index contributed by atoms with van der Waals surface area (Å²) in [5.74, 6) is -0.836. The number of furan rings is 1. The third-order valence-electron chi connectivity index (χ3n) is 3.50. The van der Waals surface area contributed by atoms with Crippen LogP contribution in [0.1, 0.15) is 16.9 Å². The van der Waals surface area contributed by atoms with Crippen molar-refractivity contribution in [2.24, 2.45) is 0 Å². The van der Waals surface area contributed by atoms with Gasteiger partial charge in [0.1, 0.15) is 16.4 Å². The van der Waals surface area contributed by atoms with E-state index in [9.17, 15) is 19.7 Å². The van der Waals surface area contributed by atoms with E-state index >= 15 is 0 Å². The van der Waals surface area contributed by atoms with Crippen LogP contribution in [0, 0.1) is 17.0 Å². The van der Waals surface area contributed by atoms with Crippen LogP contribution in [0.2, 0.25) is 0 Å². The highest BCUT2D eigenvalue weighted by molar-refractivity contribution is 6.13. The third-order valence-corrected chi connectivity index (χ3v) is 3.50. The van der Waals surface area contributed by atoms with E-state index in [2.05, 4.69) is 5.32 Å². The molecule has 2 aromatic rings. The van der Waals surface area contributed by atoms with Gasteiger partial charge in [-0.3, -0.25) is 19.8 Å². The molecule has 2 heterocycles. The largest absolute Gasteiger partial charge is 0.433 e. The number of aryl methyl sites for hydroxylation is 1. The predicted molar refractivity (Wildman–Crippen MR) is 83.6 cm³/mol. The second-order valence-corrected chi connectivity index (χ2v) is 5.30. The quantitative estimate of drug-likeness (QED) is 0.402. The number of hydrogen-bond acceptors (Lipinski definition) is 5. The maximum atomic E-state index is 12.3. The fourth-order valence-corrected chi connectivity index (χ4v) is 2.25. The van der Waals surface area contributed by atoms with Gasteiger partial charge >= 0.3 is 11.9 Å². The predicted octanol–water partition coefficient (Wildman–Crippen LogP) is 2.59. The van der Waals surface area contributed by atoms with Gasteiger partial charge in [-0.25, -0.2) is 4.79 Å². The lowest BCUT2D eigenvalue weighted by Gasteiger charge is -2.11. The fourth-order valence-electron chi connectivity index (χ4n) is 2.25. The Morgan fingerprint density at radius 2 is 1.92 bits per heavy atom. The monoisotopic (exact) mass is 327 g/mol. The summed E-state index contributed by atoms with van der Waals surface area (Å²) in [6.07, 6.45) is 1.27. The molecule has 0 spiro atoms. The lowest BCUT2D eigenvalue weighted by molar-refractivity contribution is -0.402. The van der Waals surface area contributed by atoms with Gasteiger partial charge in [0.05, 0.1) is 12.6 Å². The van der Waals surface area contributed by atoms with E-state index in [1.165, 1.54) is 18.2 Å². The van der Waals surface area contributed by atoms with Gasteiger partial charge in [-0.2, -0.15) is 0 Å². The molecular weight excluding hydrogens is 314 g/mol. The van der Waals surface area contributed by atoms with E-state index < -0.39 is 22.7 Å². The van der Waals surface area contributed by atoms with E-state index in [4.69, 9.17) is 4.42 Å². The zero-order valence-corrected chi connectivity index (χ0v) is 12.7. The number of urea groups is 1. The first-order valence-electron chi connectivity index (χ1n) is 7.08. The third kappa shape index (κ3) is 3.02. The first kappa shape index (κ1) is 15.5. The molecule has 1 aliphatic rings. The van der Waals surface area contributed by atoms with Gasteiger partial charge in [0, 0.05) is 6.08 Å². The van der Waals surface area contributed by atoms with Crippen LogP contribution in [-0.4, -0.2) is 21.8 Å². The van der Waals surface area contributed by atoms with Crippen molar-refractivity contribution in [2.75, 3.05) is 0 Å². The molecule has 3 amide bonds. The standard InChI is InChI=1S/C16H13N3O5/c1-10-2-4-11(5-3-10)9-18-15(20)13(17-16(18)21)8-12-6-7-14(24-12)19(22)23/h2-8H,9H2,1H3,(H,17,21)/b13-8+. The summed E-state index contributed by atoms with van der Waals surface area (Å²) in [6.45, 7) is 2.08. The van der Waals surface area contributed by atoms with E-state index in [0.717, 1.165) is 16.0 Å². The van der Waals surface area contributed by atoms with Gasteiger partial charge in [0.2, 0.25) is 0 Å². The lowest BCUT2D eigenvalue weighted by atomic mass is 10.1. The molecule has 1 aliphatic heterocycles. The van der Waals surface area contributed by atoms with Gasteiger partial charge in [0.25, 0.3) is 5.91 Å². The minimum atomic E-state index is -0.680. The number of nitrogens with one attached hydrogen (secondary N) is 1. The normalized spacial score (nSPS) is 15.9. The Morgan fingerprint density at radius 1 is 1.21 bits per heavy atom. The minimum Gasteiger partial charge on any atom is -0.401 e. The zero-order chi connectivity index (χ0) is 17.3. The van der Waals surface area contributed by atoms with Gasteiger partial charge < -0.3 is 9.73 Å². The maximum absolute atomic E-state index is 12.3. The molecule has 1 fully saturated rings. The van der Waals surface area contributed by atoms with Crippen molar-refractivity contribution >= 4 is 23.9 Å². The Labute approximate surface area is 136 Å². The number of carbonyl (C=O) groups is 2. The molecule has 1 N–H and O–H groups in total. The first-order chi connectivity index (χ1) is 11.4. The van der Waals surface area contributed by atoms with Crippen molar-refractivity contribution in [1.82, 2.24) is 10.2 Å². The Hall–Kier alpha value is -3.42. The van der Waals surface area contributed by atoms with Crippen molar-refractivity contribution < 1.29 is 18.9 Å². The summed E-state index contributed by atoms with van der Waals surface area (Å²) in [5.41, 5.74) is 1.91. The summed E-state index contributed by atoms with van der Waals surface area (Å²) in [4.78, 5) is 35.3. The molecule has 1 saturated heterocycles. The van der Waals surface area contributed by atoms with Crippen LogP contribution in [0.25, 0.3) is 6.08 Å². The highest BCUT2D eigenvalue weighted by Gasteiger charge is 2.33. The molecule has 0 saturated carbocycles. The van der Waals surface area contributed by atoms with Gasteiger partial charge in [-0.1, -0.05) is 29.8 Å². The molecule has 0 bridgehead atoms. The van der Waals surface area contributed by atoms with Crippen LogP contribution in [-0.2, 0) is 11.3 Å². The van der Waals surface area contributed by atoms with Crippen molar-refractivity contribution in [3.8, 4) is 0 Å². The molecule has 1 aromatic heterocycles. The number of nitro groups is 1. The molecule has 8 nitrogen and oxygen atoms in total. The number of benzene rings is 1. The maximum Gasteiger partial charge on any atom is 0.433 e. The van der Waals surface area contributed by atoms with Crippen LogP contribution in [0.3, 0.4) is 0 Å². The van der Waals surface area contributed by atoms with Crippen LogP contribution >= 0.6 is 0 Å². The van der Waals surface area contributed by atoms with Crippen molar-refractivity contribution in [1.29, 1.82) is 0 Å². The van der Waals surface area contributed by atoms with E-state index in [0.29, 0.717) is 0 Å². The average Bonchev–Trinajstić information content (AvgIpc) is 3.10. The summed E-state index contributed by atoms with van der Waals surface area (Å²) >= 11 is 0. The van der Waals surface area contributed by atoms with Crippen LogP contribution < -0.4 is 5.32 Å². The summed E-state index contributed by atoms with van der Waals surface area (Å²) in [6, 6.07) is 9.46. The van der Waals surface area contributed by atoms with Crippen molar-refractivity contribution in [3.63, 3.8) is 0 Å². The number of nitrogens with zero attached hydrogens (tertiary/aromatic N) is 2. The van der Waals surface area contributed by atoms with Crippen LogP contribution in [0.5, 0.6) is 0 Å². The number of carbonyl (C=O) groups excluding carboxylic acids is 2. The topological polar surface area (TPSA) is 106 Å². The highest BCUT2D eigenvalue weighted by atomic mass is 16.6. The number of imide groups is 1. The average molecular weight is 327 g/mol. The molecule has 0 atom stereocenters. The van der Waals surface area contributed by atoms with Gasteiger partial charge in [-0.05, 0) is 18.6 Å². The van der Waals surface area contributed by atoms with E-state index in [1.54, 1.807) is 0 Å². The molecule has 0 aliphatic carbocycles. The van der Waals surface area contributed by atoms with Crippen molar-refractivity contribution in [3.05, 3.63) is 69.1 Å². The highest BCUT2D eigenvalue weighted by Crippen LogP contribution is 2.21. The minimum absolute atomic E-state index is 0.0105. The van der Waals surface area contributed by atoms with Crippen LogP contribution in [0.15, 0.2) is 46.5 Å². The smallest absolute Gasteiger partial charge is 0.401 e. The van der Waals surface area contributed by atoms with Gasteiger partial charge in [-0.15, -0.1) is 0 Å². The lowest BCUT2D eigenvalue weighted by Crippen LogP contribution is -2.30. The molecule has 0 unspecified atom stereocenters.